The van der Waals surface area contributed by atoms with E-state index in [1.807, 2.05) is 4.72 Å². The predicted octanol–water partition coefficient (Wildman–Crippen LogP) is 0.398. The third-order valence-electron chi connectivity index (χ3n) is 2.52. The summed E-state index contributed by atoms with van der Waals surface area (Å²) in [5, 5.41) is 0. The average molecular weight is 261 g/mol. The van der Waals surface area contributed by atoms with E-state index in [1.165, 1.54) is 6.20 Å². The normalized spacial score (nSPS) is 16.8. The molecule has 1 fully saturated rings. The van der Waals surface area contributed by atoms with E-state index < -0.39 is 15.9 Å². The molecule has 1 aliphatic rings. The van der Waals surface area contributed by atoms with Crippen LogP contribution in [0.2, 0.25) is 0 Å². The molecule has 0 unspecified atom stereocenters. The SMILES string of the molecule is O=C(NS(=O)(=O)CC1CCC1)c1cnsn1. The van der Waals surface area contributed by atoms with Gasteiger partial charge in [-0.15, -0.1) is 0 Å². The van der Waals surface area contributed by atoms with Crippen LogP contribution in [0.4, 0.5) is 0 Å². The van der Waals surface area contributed by atoms with Gasteiger partial charge in [-0.25, -0.2) is 13.1 Å². The smallest absolute Gasteiger partial charge is 0.266 e. The first-order valence-electron chi connectivity index (χ1n) is 4.89. The van der Waals surface area contributed by atoms with E-state index in [-0.39, 0.29) is 17.4 Å². The minimum absolute atomic E-state index is 0.0241. The molecule has 1 amide bonds. The van der Waals surface area contributed by atoms with Gasteiger partial charge in [-0.1, -0.05) is 6.42 Å². The fraction of sp³-hybridized carbons (Fsp3) is 0.625. The van der Waals surface area contributed by atoms with Crippen LogP contribution in [0.25, 0.3) is 0 Å². The molecule has 0 aromatic carbocycles. The Labute approximate surface area is 97.4 Å². The number of sulfonamides is 1. The third-order valence-corrected chi connectivity index (χ3v) is 4.41. The molecule has 0 radical (unpaired) electrons. The van der Waals surface area contributed by atoms with Crippen molar-refractivity contribution in [3.63, 3.8) is 0 Å². The second-order valence-corrected chi connectivity index (χ2v) is 6.13. The van der Waals surface area contributed by atoms with Gasteiger partial charge in [0.05, 0.1) is 23.7 Å². The summed E-state index contributed by atoms with van der Waals surface area (Å²) in [4.78, 5) is 11.4. The molecule has 1 aliphatic carbocycles. The van der Waals surface area contributed by atoms with Crippen molar-refractivity contribution in [3.05, 3.63) is 11.9 Å². The first-order valence-corrected chi connectivity index (χ1v) is 7.27. The van der Waals surface area contributed by atoms with E-state index in [4.69, 9.17) is 0 Å². The lowest BCUT2D eigenvalue weighted by atomic mass is 9.87. The second-order valence-electron chi connectivity index (χ2n) is 3.80. The highest BCUT2D eigenvalue weighted by molar-refractivity contribution is 7.90. The Morgan fingerprint density at radius 1 is 1.56 bits per heavy atom. The maximum absolute atomic E-state index is 11.6. The third kappa shape index (κ3) is 2.76. The van der Waals surface area contributed by atoms with Crippen molar-refractivity contribution in [2.24, 2.45) is 5.92 Å². The van der Waals surface area contributed by atoms with Crippen molar-refractivity contribution in [1.82, 2.24) is 13.5 Å². The summed E-state index contributed by atoms with van der Waals surface area (Å²) in [6.45, 7) is 0. The van der Waals surface area contributed by atoms with Crippen molar-refractivity contribution in [1.29, 1.82) is 0 Å². The summed E-state index contributed by atoms with van der Waals surface area (Å²) in [5.41, 5.74) is 0.0437. The number of nitrogens with one attached hydrogen (secondary N) is 1. The molecule has 88 valence electrons. The number of hydrogen-bond donors (Lipinski definition) is 1. The van der Waals surface area contributed by atoms with E-state index in [9.17, 15) is 13.2 Å². The van der Waals surface area contributed by atoms with E-state index in [2.05, 4.69) is 8.75 Å². The van der Waals surface area contributed by atoms with E-state index in [1.54, 1.807) is 0 Å². The minimum Gasteiger partial charge on any atom is -0.266 e. The van der Waals surface area contributed by atoms with Crippen LogP contribution < -0.4 is 4.72 Å². The molecule has 0 atom stereocenters. The van der Waals surface area contributed by atoms with Gasteiger partial charge in [0.15, 0.2) is 5.69 Å². The van der Waals surface area contributed by atoms with E-state index in [0.29, 0.717) is 0 Å². The summed E-state index contributed by atoms with van der Waals surface area (Å²) in [7, 11) is -3.53. The Balaban J connectivity index is 1.95. The van der Waals surface area contributed by atoms with Gasteiger partial charge < -0.3 is 0 Å². The minimum atomic E-state index is -3.53. The Morgan fingerprint density at radius 3 is 2.81 bits per heavy atom. The van der Waals surface area contributed by atoms with Crippen LogP contribution in [0.1, 0.15) is 29.8 Å². The zero-order chi connectivity index (χ0) is 11.6. The van der Waals surface area contributed by atoms with Crippen molar-refractivity contribution >= 4 is 27.7 Å². The van der Waals surface area contributed by atoms with Gasteiger partial charge in [-0.05, 0) is 18.8 Å². The topological polar surface area (TPSA) is 89.0 Å². The second kappa shape index (κ2) is 4.46. The van der Waals surface area contributed by atoms with Gasteiger partial charge in [0.2, 0.25) is 10.0 Å². The molecule has 16 heavy (non-hydrogen) atoms. The van der Waals surface area contributed by atoms with Crippen LogP contribution in [0.15, 0.2) is 6.20 Å². The van der Waals surface area contributed by atoms with Crippen molar-refractivity contribution in [2.45, 2.75) is 19.3 Å². The van der Waals surface area contributed by atoms with Gasteiger partial charge in [-0.2, -0.15) is 8.75 Å². The molecule has 6 nitrogen and oxygen atoms in total. The molecular weight excluding hydrogens is 250 g/mol. The number of amides is 1. The molecular formula is C8H11N3O3S2. The maximum Gasteiger partial charge on any atom is 0.286 e. The van der Waals surface area contributed by atoms with Gasteiger partial charge >= 0.3 is 0 Å². The highest BCUT2D eigenvalue weighted by Gasteiger charge is 2.26. The molecule has 0 saturated heterocycles. The number of carbonyl (C=O) groups excluding carboxylic acids is 1. The molecule has 0 spiro atoms. The van der Waals surface area contributed by atoms with Crippen molar-refractivity contribution < 1.29 is 13.2 Å². The molecule has 0 aliphatic heterocycles. The highest BCUT2D eigenvalue weighted by atomic mass is 32.2. The lowest BCUT2D eigenvalue weighted by Crippen LogP contribution is -2.36. The zero-order valence-electron chi connectivity index (χ0n) is 8.42. The first-order chi connectivity index (χ1) is 7.57. The van der Waals surface area contributed by atoms with Gasteiger partial charge in [0, 0.05) is 0 Å². The molecule has 8 heteroatoms. The summed E-state index contributed by atoms with van der Waals surface area (Å²) >= 11 is 0.868. The summed E-state index contributed by atoms with van der Waals surface area (Å²) in [6.07, 6.45) is 4.17. The van der Waals surface area contributed by atoms with E-state index in [0.717, 1.165) is 31.0 Å². The molecule has 1 aromatic rings. The summed E-state index contributed by atoms with van der Waals surface area (Å²) < 4.78 is 32.4. The number of nitrogens with zero attached hydrogens (tertiary/aromatic N) is 2. The number of aromatic nitrogens is 2. The quantitative estimate of drug-likeness (QED) is 0.847. The van der Waals surface area contributed by atoms with Crippen LogP contribution in [0.5, 0.6) is 0 Å². The van der Waals surface area contributed by atoms with Gasteiger partial charge in [-0.3, -0.25) is 4.79 Å². The molecule has 2 rings (SSSR count). The predicted molar refractivity (Wildman–Crippen MR) is 58.5 cm³/mol. The lowest BCUT2D eigenvalue weighted by molar-refractivity contribution is 0.0977. The van der Waals surface area contributed by atoms with Crippen LogP contribution in [0, 0.1) is 5.92 Å². The Bertz CT molecular complexity index is 465. The standard InChI is InChI=1S/C8H11N3O3S2/c12-8(7-4-9-15-10-7)11-16(13,14)5-6-2-1-3-6/h4,6H,1-3,5H2,(H,11,12). The number of hydrogen-bond acceptors (Lipinski definition) is 6. The zero-order valence-corrected chi connectivity index (χ0v) is 10.1. The van der Waals surface area contributed by atoms with Crippen LogP contribution >= 0.6 is 11.7 Å². The lowest BCUT2D eigenvalue weighted by Gasteiger charge is -2.24. The van der Waals surface area contributed by atoms with E-state index >= 15 is 0 Å². The molecule has 1 N–H and O–H groups in total. The van der Waals surface area contributed by atoms with Gasteiger partial charge in [0.1, 0.15) is 0 Å². The molecule has 1 saturated carbocycles. The summed E-state index contributed by atoms with van der Waals surface area (Å²) in [5.74, 6) is -0.483. The largest absolute Gasteiger partial charge is 0.286 e. The Morgan fingerprint density at radius 2 is 2.31 bits per heavy atom. The van der Waals surface area contributed by atoms with Crippen LogP contribution in [-0.2, 0) is 10.0 Å². The van der Waals surface area contributed by atoms with Crippen molar-refractivity contribution in [3.8, 4) is 0 Å². The van der Waals surface area contributed by atoms with Gasteiger partial charge in [0.25, 0.3) is 5.91 Å². The number of carbonyl (C=O) groups is 1. The maximum atomic E-state index is 11.6. The molecule has 1 aromatic heterocycles. The van der Waals surface area contributed by atoms with Crippen LogP contribution in [-0.4, -0.2) is 28.8 Å². The summed E-state index contributed by atoms with van der Waals surface area (Å²) in [6, 6.07) is 0. The monoisotopic (exact) mass is 261 g/mol. The first kappa shape index (κ1) is 11.5. The molecule has 1 heterocycles. The fourth-order valence-electron chi connectivity index (χ4n) is 1.47. The Kier molecular flexibility index (Phi) is 3.20. The average Bonchev–Trinajstić information content (AvgIpc) is 2.63. The molecule has 0 bridgehead atoms. The van der Waals surface area contributed by atoms with Crippen molar-refractivity contribution in [2.75, 3.05) is 5.75 Å². The fourth-order valence-corrected chi connectivity index (χ4v) is 3.31. The Hall–Kier alpha value is -1.02. The number of rotatable bonds is 4. The van der Waals surface area contributed by atoms with Crippen LogP contribution in [0.3, 0.4) is 0 Å². The highest BCUT2D eigenvalue weighted by Crippen LogP contribution is 2.27.